The molecule has 1 fully saturated rings. The lowest BCUT2D eigenvalue weighted by molar-refractivity contribution is -0.177. The summed E-state index contributed by atoms with van der Waals surface area (Å²) in [6.45, 7) is 1.16. The van der Waals surface area contributed by atoms with Crippen LogP contribution in [0, 0.1) is 5.41 Å². The molecule has 0 unspecified atom stereocenters. The molecule has 1 N–H and O–H groups in total. The van der Waals surface area contributed by atoms with Crippen molar-refractivity contribution in [2.45, 2.75) is 0 Å². The molecule has 2 heterocycles. The Labute approximate surface area is 110 Å². The van der Waals surface area contributed by atoms with Gasteiger partial charge in [0, 0.05) is 25.3 Å². The van der Waals surface area contributed by atoms with Crippen molar-refractivity contribution >= 4 is 11.7 Å². The first-order chi connectivity index (χ1) is 9.11. The molecule has 0 spiro atoms. The maximum atomic E-state index is 11.3. The molecule has 1 aromatic rings. The van der Waals surface area contributed by atoms with E-state index < -0.39 is 11.4 Å². The van der Waals surface area contributed by atoms with Crippen molar-refractivity contribution in [3.8, 4) is 11.5 Å². The first kappa shape index (κ1) is 12.1. The predicted octanol–water partition coefficient (Wildman–Crippen LogP) is 0.953. The number of hydrogen-bond acceptors (Lipinski definition) is 5. The minimum atomic E-state index is -0.814. The molecule has 6 heteroatoms. The fourth-order valence-corrected chi connectivity index (χ4v) is 2.30. The Bertz CT molecular complexity index is 512. The molecular weight excluding hydrogens is 250 g/mol. The molecule has 3 rings (SSSR count). The van der Waals surface area contributed by atoms with Crippen LogP contribution in [0.25, 0.3) is 0 Å². The molecule has 102 valence electrons. The first-order valence-corrected chi connectivity index (χ1v) is 6.03. The molecule has 1 aromatic carbocycles. The average molecular weight is 265 g/mol. The highest BCUT2D eigenvalue weighted by Gasteiger charge is 2.47. The van der Waals surface area contributed by atoms with E-state index in [1.165, 1.54) is 0 Å². The standard InChI is InChI=1S/C13H15NO5/c1-14(5-13(12(15)16)6-17-7-13)9-2-3-10-11(4-9)19-8-18-10/h2-4H,5-8H2,1H3,(H,15,16). The van der Waals surface area contributed by atoms with Crippen LogP contribution in [0.15, 0.2) is 18.2 Å². The molecular formula is C13H15NO5. The van der Waals surface area contributed by atoms with E-state index in [0.29, 0.717) is 12.3 Å². The summed E-state index contributed by atoms with van der Waals surface area (Å²) in [4.78, 5) is 13.2. The van der Waals surface area contributed by atoms with Crippen molar-refractivity contribution in [2.75, 3.05) is 38.5 Å². The zero-order valence-corrected chi connectivity index (χ0v) is 10.6. The monoisotopic (exact) mass is 265 g/mol. The van der Waals surface area contributed by atoms with Gasteiger partial charge in [0.1, 0.15) is 5.41 Å². The molecule has 2 aliphatic rings. The van der Waals surface area contributed by atoms with Gasteiger partial charge in [0.15, 0.2) is 11.5 Å². The van der Waals surface area contributed by atoms with Gasteiger partial charge in [-0.2, -0.15) is 0 Å². The van der Waals surface area contributed by atoms with Crippen molar-refractivity contribution in [2.24, 2.45) is 5.41 Å². The maximum Gasteiger partial charge on any atom is 0.316 e. The number of rotatable bonds is 4. The lowest BCUT2D eigenvalue weighted by Crippen LogP contribution is -2.55. The summed E-state index contributed by atoms with van der Waals surface area (Å²) in [6, 6.07) is 5.58. The van der Waals surface area contributed by atoms with Crippen LogP contribution in [0.2, 0.25) is 0 Å². The van der Waals surface area contributed by atoms with E-state index >= 15 is 0 Å². The van der Waals surface area contributed by atoms with Gasteiger partial charge in [0.25, 0.3) is 0 Å². The number of carboxylic acid groups (broad SMARTS) is 1. The Morgan fingerprint density at radius 1 is 1.37 bits per heavy atom. The third kappa shape index (κ3) is 1.98. The van der Waals surface area contributed by atoms with Crippen LogP contribution in [0.1, 0.15) is 0 Å². The number of hydrogen-bond donors (Lipinski definition) is 1. The summed E-state index contributed by atoms with van der Waals surface area (Å²) >= 11 is 0. The second kappa shape index (κ2) is 4.31. The number of benzene rings is 1. The predicted molar refractivity (Wildman–Crippen MR) is 66.7 cm³/mol. The minimum absolute atomic E-state index is 0.232. The van der Waals surface area contributed by atoms with Gasteiger partial charge in [-0.15, -0.1) is 0 Å². The van der Waals surface area contributed by atoms with Gasteiger partial charge >= 0.3 is 5.97 Å². The Morgan fingerprint density at radius 2 is 2.11 bits per heavy atom. The molecule has 19 heavy (non-hydrogen) atoms. The van der Waals surface area contributed by atoms with Gasteiger partial charge in [-0.3, -0.25) is 4.79 Å². The van der Waals surface area contributed by atoms with Crippen molar-refractivity contribution in [1.29, 1.82) is 0 Å². The van der Waals surface area contributed by atoms with E-state index in [9.17, 15) is 9.90 Å². The van der Waals surface area contributed by atoms with Crippen molar-refractivity contribution < 1.29 is 24.1 Å². The van der Waals surface area contributed by atoms with Crippen LogP contribution in [-0.2, 0) is 9.53 Å². The number of anilines is 1. The summed E-state index contributed by atoms with van der Waals surface area (Å²) in [5, 5.41) is 9.28. The van der Waals surface area contributed by atoms with Crippen LogP contribution in [0.5, 0.6) is 11.5 Å². The number of nitrogens with zero attached hydrogens (tertiary/aromatic N) is 1. The highest BCUT2D eigenvalue weighted by molar-refractivity contribution is 5.77. The lowest BCUT2D eigenvalue weighted by atomic mass is 9.85. The number of ether oxygens (including phenoxy) is 3. The quantitative estimate of drug-likeness (QED) is 0.874. The largest absolute Gasteiger partial charge is 0.481 e. The van der Waals surface area contributed by atoms with Gasteiger partial charge in [0.2, 0.25) is 6.79 Å². The molecule has 1 saturated heterocycles. The number of aliphatic carboxylic acids is 1. The summed E-state index contributed by atoms with van der Waals surface area (Å²) in [7, 11) is 1.86. The van der Waals surface area contributed by atoms with E-state index in [1.54, 1.807) is 0 Å². The third-order valence-electron chi connectivity index (χ3n) is 3.55. The number of carboxylic acids is 1. The molecule has 0 amide bonds. The van der Waals surface area contributed by atoms with E-state index in [1.807, 2.05) is 30.1 Å². The Balaban J connectivity index is 1.77. The summed E-state index contributed by atoms with van der Waals surface area (Å²) in [5.41, 5.74) is 0.0993. The topological polar surface area (TPSA) is 68.2 Å². The zero-order valence-electron chi connectivity index (χ0n) is 10.6. The van der Waals surface area contributed by atoms with Gasteiger partial charge < -0.3 is 24.2 Å². The molecule has 0 saturated carbocycles. The SMILES string of the molecule is CN(CC1(C(=O)O)COC1)c1ccc2c(c1)OCO2. The third-order valence-corrected chi connectivity index (χ3v) is 3.55. The zero-order chi connectivity index (χ0) is 13.5. The number of carbonyl (C=O) groups is 1. The highest BCUT2D eigenvalue weighted by Crippen LogP contribution is 2.36. The fourth-order valence-electron chi connectivity index (χ4n) is 2.30. The number of fused-ring (bicyclic) bond motifs is 1. The summed E-state index contributed by atoms with van der Waals surface area (Å²) < 4.78 is 15.6. The van der Waals surface area contributed by atoms with Crippen LogP contribution in [0.3, 0.4) is 0 Å². The van der Waals surface area contributed by atoms with E-state index in [4.69, 9.17) is 14.2 Å². The van der Waals surface area contributed by atoms with Crippen LogP contribution in [-0.4, -0.2) is 44.7 Å². The Hall–Kier alpha value is -1.95. The molecule has 0 atom stereocenters. The normalized spacial score (nSPS) is 18.8. The highest BCUT2D eigenvalue weighted by atomic mass is 16.7. The van der Waals surface area contributed by atoms with Gasteiger partial charge in [-0.1, -0.05) is 0 Å². The Kier molecular flexibility index (Phi) is 2.74. The molecule has 6 nitrogen and oxygen atoms in total. The van der Waals surface area contributed by atoms with Crippen molar-refractivity contribution in [3.05, 3.63) is 18.2 Å². The van der Waals surface area contributed by atoms with Crippen molar-refractivity contribution in [3.63, 3.8) is 0 Å². The molecule has 0 aliphatic carbocycles. The Morgan fingerprint density at radius 3 is 2.74 bits per heavy atom. The molecule has 2 aliphatic heterocycles. The van der Waals surface area contributed by atoms with E-state index in [0.717, 1.165) is 11.4 Å². The first-order valence-electron chi connectivity index (χ1n) is 6.03. The smallest absolute Gasteiger partial charge is 0.316 e. The van der Waals surface area contributed by atoms with E-state index in [2.05, 4.69) is 0 Å². The maximum absolute atomic E-state index is 11.3. The minimum Gasteiger partial charge on any atom is -0.481 e. The van der Waals surface area contributed by atoms with Gasteiger partial charge in [0.05, 0.1) is 13.2 Å². The van der Waals surface area contributed by atoms with Crippen LogP contribution >= 0.6 is 0 Å². The van der Waals surface area contributed by atoms with Gasteiger partial charge in [-0.25, -0.2) is 0 Å². The van der Waals surface area contributed by atoms with Crippen molar-refractivity contribution in [1.82, 2.24) is 0 Å². The molecule has 0 aromatic heterocycles. The van der Waals surface area contributed by atoms with Gasteiger partial charge in [-0.05, 0) is 12.1 Å². The second-order valence-corrected chi connectivity index (χ2v) is 4.97. The molecule has 0 radical (unpaired) electrons. The van der Waals surface area contributed by atoms with Crippen LogP contribution < -0.4 is 14.4 Å². The van der Waals surface area contributed by atoms with Crippen LogP contribution in [0.4, 0.5) is 5.69 Å². The second-order valence-electron chi connectivity index (χ2n) is 4.97. The fraction of sp³-hybridized carbons (Fsp3) is 0.462. The van der Waals surface area contributed by atoms with E-state index in [-0.39, 0.29) is 20.0 Å². The average Bonchev–Trinajstić information content (AvgIpc) is 2.79. The summed E-state index contributed by atoms with van der Waals surface area (Å²) in [5.74, 6) is 0.599. The lowest BCUT2D eigenvalue weighted by Gasteiger charge is -2.40. The molecule has 0 bridgehead atoms. The summed E-state index contributed by atoms with van der Waals surface area (Å²) in [6.07, 6.45) is 0.